The standard InChI is InChI=1S/C10H11N5O3/c11-2-1-3-13-7(16)6-18-10(17)8-9(12)15-5-4-14-8/h4-5H,1,3,6H2,(H2,12,15)(H,13,16). The summed E-state index contributed by atoms with van der Waals surface area (Å²) >= 11 is 0. The van der Waals surface area contributed by atoms with Gasteiger partial charge in [0.2, 0.25) is 0 Å². The van der Waals surface area contributed by atoms with E-state index in [2.05, 4.69) is 20.0 Å². The number of carbonyl (C=O) groups excluding carboxylic acids is 2. The van der Waals surface area contributed by atoms with E-state index in [0.717, 1.165) is 0 Å². The van der Waals surface area contributed by atoms with Crippen LogP contribution in [0, 0.1) is 11.3 Å². The first-order chi connectivity index (χ1) is 8.65. The zero-order valence-corrected chi connectivity index (χ0v) is 9.42. The summed E-state index contributed by atoms with van der Waals surface area (Å²) in [6, 6.07) is 1.86. The molecule has 0 saturated heterocycles. The summed E-state index contributed by atoms with van der Waals surface area (Å²) in [6.07, 6.45) is 2.82. The van der Waals surface area contributed by atoms with Crippen LogP contribution in [0.4, 0.5) is 5.82 Å². The molecule has 1 rings (SSSR count). The van der Waals surface area contributed by atoms with Gasteiger partial charge >= 0.3 is 5.97 Å². The molecule has 1 aromatic heterocycles. The summed E-state index contributed by atoms with van der Waals surface area (Å²) in [7, 11) is 0. The number of nitrogens with two attached hydrogens (primary N) is 1. The van der Waals surface area contributed by atoms with Crippen molar-refractivity contribution in [3.63, 3.8) is 0 Å². The molecule has 8 heteroatoms. The highest BCUT2D eigenvalue weighted by Gasteiger charge is 2.14. The first-order valence-electron chi connectivity index (χ1n) is 5.02. The predicted molar refractivity (Wildman–Crippen MR) is 60.0 cm³/mol. The molecule has 8 nitrogen and oxygen atoms in total. The molecule has 1 heterocycles. The number of nitrogens with one attached hydrogen (secondary N) is 1. The van der Waals surface area contributed by atoms with Gasteiger partial charge in [-0.2, -0.15) is 5.26 Å². The van der Waals surface area contributed by atoms with Crippen molar-refractivity contribution >= 4 is 17.7 Å². The number of anilines is 1. The van der Waals surface area contributed by atoms with E-state index in [1.807, 2.05) is 6.07 Å². The van der Waals surface area contributed by atoms with E-state index in [4.69, 9.17) is 11.0 Å². The van der Waals surface area contributed by atoms with Crippen molar-refractivity contribution in [3.05, 3.63) is 18.1 Å². The van der Waals surface area contributed by atoms with Crippen molar-refractivity contribution in [3.8, 4) is 6.07 Å². The number of hydrogen-bond donors (Lipinski definition) is 2. The molecule has 0 aromatic carbocycles. The Bertz CT molecular complexity index is 483. The lowest BCUT2D eigenvalue weighted by Crippen LogP contribution is -2.29. The van der Waals surface area contributed by atoms with Crippen LogP contribution in [0.2, 0.25) is 0 Å². The lowest BCUT2D eigenvalue weighted by Gasteiger charge is -2.05. The van der Waals surface area contributed by atoms with E-state index in [1.54, 1.807) is 0 Å². The Labute approximate surface area is 103 Å². The van der Waals surface area contributed by atoms with Crippen LogP contribution in [0.1, 0.15) is 16.9 Å². The van der Waals surface area contributed by atoms with Crippen molar-refractivity contribution in [2.75, 3.05) is 18.9 Å². The van der Waals surface area contributed by atoms with Gasteiger partial charge in [-0.25, -0.2) is 14.8 Å². The highest BCUT2D eigenvalue weighted by molar-refractivity contribution is 5.93. The molecule has 0 aliphatic carbocycles. The fourth-order valence-electron chi connectivity index (χ4n) is 1.01. The molecule has 0 aliphatic heterocycles. The second-order valence-electron chi connectivity index (χ2n) is 3.12. The first kappa shape index (κ1) is 13.4. The van der Waals surface area contributed by atoms with Gasteiger partial charge in [-0.05, 0) is 0 Å². The third-order valence-electron chi connectivity index (χ3n) is 1.81. The molecule has 0 fully saturated rings. The summed E-state index contributed by atoms with van der Waals surface area (Å²) in [5.41, 5.74) is 5.28. The van der Waals surface area contributed by atoms with E-state index < -0.39 is 18.5 Å². The molecular formula is C10H11N5O3. The van der Waals surface area contributed by atoms with E-state index in [1.165, 1.54) is 12.4 Å². The number of nitrogens with zero attached hydrogens (tertiary/aromatic N) is 3. The maximum absolute atomic E-state index is 11.5. The van der Waals surface area contributed by atoms with Gasteiger partial charge in [-0.3, -0.25) is 4.79 Å². The van der Waals surface area contributed by atoms with Crippen LogP contribution in [0.25, 0.3) is 0 Å². The van der Waals surface area contributed by atoms with Gasteiger partial charge in [0.05, 0.1) is 12.5 Å². The van der Waals surface area contributed by atoms with E-state index in [-0.39, 0.29) is 24.5 Å². The number of nitrogen functional groups attached to an aromatic ring is 1. The molecule has 0 spiro atoms. The van der Waals surface area contributed by atoms with Gasteiger partial charge in [0.1, 0.15) is 0 Å². The second-order valence-corrected chi connectivity index (χ2v) is 3.12. The monoisotopic (exact) mass is 249 g/mol. The number of amides is 1. The van der Waals surface area contributed by atoms with Gasteiger partial charge < -0.3 is 15.8 Å². The molecule has 0 atom stereocenters. The third kappa shape index (κ3) is 4.05. The molecule has 0 unspecified atom stereocenters. The average Bonchev–Trinajstić information content (AvgIpc) is 2.37. The molecule has 0 aliphatic rings. The van der Waals surface area contributed by atoms with Crippen molar-refractivity contribution in [1.82, 2.24) is 15.3 Å². The minimum Gasteiger partial charge on any atom is -0.451 e. The Morgan fingerprint density at radius 2 is 2.17 bits per heavy atom. The highest BCUT2D eigenvalue weighted by atomic mass is 16.5. The van der Waals surface area contributed by atoms with E-state index in [9.17, 15) is 9.59 Å². The zero-order chi connectivity index (χ0) is 13.4. The molecule has 1 aromatic rings. The smallest absolute Gasteiger partial charge is 0.361 e. The minimum atomic E-state index is -0.823. The number of esters is 1. The Kier molecular flexibility index (Phi) is 5.05. The lowest BCUT2D eigenvalue weighted by atomic mass is 10.4. The topological polar surface area (TPSA) is 131 Å². The SMILES string of the molecule is N#CCCNC(=O)COC(=O)c1nccnc1N. The van der Waals surface area contributed by atoms with E-state index in [0.29, 0.717) is 0 Å². The molecular weight excluding hydrogens is 238 g/mol. The minimum absolute atomic E-state index is 0.0626. The number of carbonyl (C=O) groups is 2. The van der Waals surface area contributed by atoms with Crippen LogP contribution in [-0.2, 0) is 9.53 Å². The fraction of sp³-hybridized carbons (Fsp3) is 0.300. The van der Waals surface area contributed by atoms with Gasteiger partial charge in [0.15, 0.2) is 18.1 Å². The predicted octanol–water partition coefficient (Wildman–Crippen LogP) is -0.755. The summed E-state index contributed by atoms with van der Waals surface area (Å²) in [5.74, 6) is -1.38. The summed E-state index contributed by atoms with van der Waals surface area (Å²) in [6.45, 7) is -0.250. The number of nitriles is 1. The van der Waals surface area contributed by atoms with Crippen molar-refractivity contribution in [1.29, 1.82) is 5.26 Å². The fourth-order valence-corrected chi connectivity index (χ4v) is 1.01. The Morgan fingerprint density at radius 1 is 1.44 bits per heavy atom. The molecule has 94 valence electrons. The van der Waals surface area contributed by atoms with Crippen LogP contribution in [0.3, 0.4) is 0 Å². The maximum atomic E-state index is 11.5. The van der Waals surface area contributed by atoms with Crippen molar-refractivity contribution in [2.24, 2.45) is 0 Å². The van der Waals surface area contributed by atoms with Crippen LogP contribution in [-0.4, -0.2) is 35.0 Å². The third-order valence-corrected chi connectivity index (χ3v) is 1.81. The molecule has 1 amide bonds. The van der Waals surface area contributed by atoms with Crippen LogP contribution in [0.5, 0.6) is 0 Å². The summed E-state index contributed by atoms with van der Waals surface area (Å²) < 4.78 is 4.69. The van der Waals surface area contributed by atoms with Gasteiger partial charge in [-0.1, -0.05) is 0 Å². The molecule has 18 heavy (non-hydrogen) atoms. The zero-order valence-electron chi connectivity index (χ0n) is 9.42. The lowest BCUT2D eigenvalue weighted by molar-refractivity contribution is -0.124. The quantitative estimate of drug-likeness (QED) is 0.518. The number of ether oxygens (including phenoxy) is 1. The summed E-state index contributed by atoms with van der Waals surface area (Å²) in [5, 5.41) is 10.7. The Morgan fingerprint density at radius 3 is 2.83 bits per heavy atom. The highest BCUT2D eigenvalue weighted by Crippen LogP contribution is 2.04. The largest absolute Gasteiger partial charge is 0.451 e. The molecule has 0 saturated carbocycles. The van der Waals surface area contributed by atoms with Crippen LogP contribution < -0.4 is 11.1 Å². The molecule has 0 radical (unpaired) electrons. The average molecular weight is 249 g/mol. The van der Waals surface area contributed by atoms with Crippen LogP contribution >= 0.6 is 0 Å². The normalized spacial score (nSPS) is 9.28. The number of aromatic nitrogens is 2. The Balaban J connectivity index is 2.40. The van der Waals surface area contributed by atoms with Gasteiger partial charge in [0.25, 0.3) is 5.91 Å². The molecule has 0 bridgehead atoms. The Hall–Kier alpha value is -2.69. The van der Waals surface area contributed by atoms with Gasteiger partial charge in [-0.15, -0.1) is 0 Å². The second kappa shape index (κ2) is 6.80. The molecule has 3 N–H and O–H groups in total. The first-order valence-corrected chi connectivity index (χ1v) is 5.02. The van der Waals surface area contributed by atoms with Crippen LogP contribution in [0.15, 0.2) is 12.4 Å². The number of rotatable bonds is 5. The van der Waals surface area contributed by atoms with Gasteiger partial charge in [0, 0.05) is 18.9 Å². The number of hydrogen-bond acceptors (Lipinski definition) is 7. The summed E-state index contributed by atoms with van der Waals surface area (Å²) in [4.78, 5) is 30.0. The van der Waals surface area contributed by atoms with Crippen molar-refractivity contribution < 1.29 is 14.3 Å². The van der Waals surface area contributed by atoms with E-state index >= 15 is 0 Å². The maximum Gasteiger partial charge on any atom is 0.361 e. The van der Waals surface area contributed by atoms with Crippen molar-refractivity contribution in [2.45, 2.75) is 6.42 Å².